The van der Waals surface area contributed by atoms with E-state index in [1.54, 1.807) is 4.90 Å². The molecule has 0 radical (unpaired) electrons. The second-order valence-electron chi connectivity index (χ2n) is 8.16. The first kappa shape index (κ1) is 25.9. The van der Waals surface area contributed by atoms with Crippen molar-refractivity contribution in [1.82, 2.24) is 15.5 Å². The van der Waals surface area contributed by atoms with Crippen LogP contribution in [0, 0.1) is 17.2 Å². The number of nitrogens with zero attached hydrogens (tertiary/aromatic N) is 2. The minimum absolute atomic E-state index is 0.0722. The van der Waals surface area contributed by atoms with Crippen molar-refractivity contribution >= 4 is 40.6 Å². The smallest absolute Gasteiger partial charge is 0.408 e. The van der Waals surface area contributed by atoms with Gasteiger partial charge in [0.1, 0.15) is 11.6 Å². The van der Waals surface area contributed by atoms with Gasteiger partial charge in [-0.05, 0) is 17.9 Å². The summed E-state index contributed by atoms with van der Waals surface area (Å²) in [6.45, 7) is 4.26. The number of esters is 1. The molecule has 2 N–H and O–H groups in total. The maximum Gasteiger partial charge on any atom is 0.408 e. The Morgan fingerprint density at radius 2 is 2.00 bits per heavy atom. The molecule has 2 amide bonds. The van der Waals surface area contributed by atoms with E-state index in [9.17, 15) is 19.6 Å². The number of carbonyl (C=O) groups is 3. The Kier molecular flexibility index (Phi) is 9.71. The van der Waals surface area contributed by atoms with Gasteiger partial charge in [-0.2, -0.15) is 5.26 Å². The molecule has 3 atom stereocenters. The van der Waals surface area contributed by atoms with Crippen molar-refractivity contribution in [2.24, 2.45) is 5.92 Å². The molecule has 1 saturated heterocycles. The van der Waals surface area contributed by atoms with Crippen molar-refractivity contribution in [3.63, 3.8) is 0 Å². The molecular formula is C22H29IN4O5. The maximum absolute atomic E-state index is 13.0. The van der Waals surface area contributed by atoms with E-state index in [0.29, 0.717) is 11.0 Å². The van der Waals surface area contributed by atoms with E-state index in [1.165, 1.54) is 7.11 Å². The third-order valence-corrected chi connectivity index (χ3v) is 6.04. The quantitative estimate of drug-likeness (QED) is 0.207. The van der Waals surface area contributed by atoms with Crippen LogP contribution in [0.4, 0.5) is 4.79 Å². The number of benzene rings is 1. The molecule has 10 heteroatoms. The van der Waals surface area contributed by atoms with E-state index >= 15 is 0 Å². The van der Waals surface area contributed by atoms with E-state index in [0.717, 1.165) is 5.56 Å². The molecule has 1 heterocycles. The van der Waals surface area contributed by atoms with Gasteiger partial charge >= 0.3 is 12.1 Å². The lowest BCUT2D eigenvalue weighted by molar-refractivity contribution is -0.145. The summed E-state index contributed by atoms with van der Waals surface area (Å²) in [6, 6.07) is 10.9. The largest absolute Gasteiger partial charge is 0.468 e. The molecule has 0 aliphatic carbocycles. The lowest BCUT2D eigenvalue weighted by Crippen LogP contribution is -2.53. The Balaban J connectivity index is 2.06. The molecule has 0 spiro atoms. The number of methoxy groups -OCH3 is 1. The molecule has 1 fully saturated rings. The summed E-state index contributed by atoms with van der Waals surface area (Å²) < 4.78 is 10.7. The van der Waals surface area contributed by atoms with Gasteiger partial charge in [0, 0.05) is 19.5 Å². The Labute approximate surface area is 201 Å². The molecule has 1 aliphatic heterocycles. The second kappa shape index (κ2) is 12.0. The number of carbonyl (C=O) groups excluding carboxylic acids is 3. The normalized spacial score (nSPS) is 21.4. The van der Waals surface area contributed by atoms with Crippen LogP contribution in [0.15, 0.2) is 30.3 Å². The van der Waals surface area contributed by atoms with Crippen molar-refractivity contribution in [3.8, 4) is 6.07 Å². The van der Waals surface area contributed by atoms with E-state index < -0.39 is 35.7 Å². The van der Waals surface area contributed by atoms with Crippen LogP contribution < -0.4 is 10.6 Å². The summed E-state index contributed by atoms with van der Waals surface area (Å²) in [4.78, 5) is 39.3. The number of likely N-dealkylation sites (tertiary alicyclic amines) is 1. The zero-order valence-electron chi connectivity index (χ0n) is 18.5. The highest BCUT2D eigenvalue weighted by Crippen LogP contribution is 2.29. The fraction of sp³-hybridized carbons (Fsp3) is 0.545. The molecule has 0 aromatic heterocycles. The number of alkyl carbamates (subject to hydrolysis) is 1. The number of nitriles is 1. The Bertz CT molecular complexity index is 844. The standard InChI is InChI=1S/C22H29IN4O5/c1-15(2)9-18(32-21(30)25-11-16-7-5-4-6-8-16)19(28)26-22(12-24)10-17(20(29)31-3)27(13-22)14-23/h4-8,15,17-18H,9-11,13-14H2,1-3H3,(H,25,30)(H,26,28). The maximum atomic E-state index is 13.0. The summed E-state index contributed by atoms with van der Waals surface area (Å²) in [5, 5.41) is 15.2. The zero-order chi connectivity index (χ0) is 23.7. The van der Waals surface area contributed by atoms with Gasteiger partial charge in [-0.15, -0.1) is 0 Å². The van der Waals surface area contributed by atoms with Gasteiger partial charge in [0.2, 0.25) is 0 Å². The summed E-state index contributed by atoms with van der Waals surface area (Å²) in [7, 11) is 1.29. The fourth-order valence-electron chi connectivity index (χ4n) is 3.57. The predicted molar refractivity (Wildman–Crippen MR) is 126 cm³/mol. The average molecular weight is 556 g/mol. The lowest BCUT2D eigenvalue weighted by atomic mass is 9.96. The minimum atomic E-state index is -1.28. The first-order valence-electron chi connectivity index (χ1n) is 10.3. The van der Waals surface area contributed by atoms with Gasteiger partial charge in [0.05, 0.1) is 17.7 Å². The van der Waals surface area contributed by atoms with E-state index in [4.69, 9.17) is 9.47 Å². The van der Waals surface area contributed by atoms with Gasteiger partial charge < -0.3 is 20.1 Å². The summed E-state index contributed by atoms with van der Waals surface area (Å²) >= 11 is 2.10. The van der Waals surface area contributed by atoms with Crippen LogP contribution in [0.2, 0.25) is 0 Å². The first-order valence-corrected chi connectivity index (χ1v) is 11.9. The number of halogens is 1. The van der Waals surface area contributed by atoms with Crippen molar-refractivity contribution in [3.05, 3.63) is 35.9 Å². The number of ether oxygens (including phenoxy) is 2. The Morgan fingerprint density at radius 3 is 2.56 bits per heavy atom. The van der Waals surface area contributed by atoms with Crippen molar-refractivity contribution < 1.29 is 23.9 Å². The molecule has 32 heavy (non-hydrogen) atoms. The van der Waals surface area contributed by atoms with Crippen molar-refractivity contribution in [2.45, 2.75) is 50.9 Å². The highest BCUT2D eigenvalue weighted by molar-refractivity contribution is 14.1. The zero-order valence-corrected chi connectivity index (χ0v) is 20.6. The highest BCUT2D eigenvalue weighted by atomic mass is 127. The molecule has 1 aliphatic rings. The van der Waals surface area contributed by atoms with Crippen LogP contribution in [-0.2, 0) is 25.6 Å². The Morgan fingerprint density at radius 1 is 1.31 bits per heavy atom. The monoisotopic (exact) mass is 556 g/mol. The number of rotatable bonds is 9. The SMILES string of the molecule is COC(=O)C1CC(C#N)(NC(=O)C(CC(C)C)OC(=O)NCc2ccccc2)CN1CI. The molecule has 9 nitrogen and oxygen atoms in total. The van der Waals surface area contributed by atoms with Crippen LogP contribution in [0.5, 0.6) is 0 Å². The fourth-order valence-corrected chi connectivity index (χ4v) is 4.28. The number of alkyl halides is 1. The first-order chi connectivity index (χ1) is 15.2. The summed E-state index contributed by atoms with van der Waals surface area (Å²) in [5.74, 6) is -0.944. The van der Waals surface area contributed by atoms with Crippen LogP contribution in [0.25, 0.3) is 0 Å². The van der Waals surface area contributed by atoms with Gasteiger partial charge in [-0.25, -0.2) is 4.79 Å². The second-order valence-corrected chi connectivity index (χ2v) is 8.84. The topological polar surface area (TPSA) is 121 Å². The van der Waals surface area contributed by atoms with Gasteiger partial charge in [0.15, 0.2) is 6.10 Å². The summed E-state index contributed by atoms with van der Waals surface area (Å²) in [6.07, 6.45) is -1.39. The van der Waals surface area contributed by atoms with Crippen molar-refractivity contribution in [1.29, 1.82) is 5.26 Å². The van der Waals surface area contributed by atoms with Crippen LogP contribution in [0.3, 0.4) is 0 Å². The number of hydrogen-bond acceptors (Lipinski definition) is 7. The van der Waals surface area contributed by atoms with Crippen LogP contribution >= 0.6 is 22.6 Å². The van der Waals surface area contributed by atoms with Gasteiger partial charge in [0.25, 0.3) is 5.91 Å². The average Bonchev–Trinajstić information content (AvgIpc) is 3.16. The number of hydrogen-bond donors (Lipinski definition) is 2. The van der Waals surface area contributed by atoms with Gasteiger partial charge in [-0.3, -0.25) is 14.5 Å². The molecule has 2 rings (SSSR count). The minimum Gasteiger partial charge on any atom is -0.468 e. The molecule has 0 bridgehead atoms. The molecule has 3 unspecified atom stereocenters. The predicted octanol–water partition coefficient (Wildman–Crippen LogP) is 2.35. The third-order valence-electron chi connectivity index (χ3n) is 5.17. The molecule has 174 valence electrons. The molecular weight excluding hydrogens is 527 g/mol. The van der Waals surface area contributed by atoms with Crippen LogP contribution in [0.1, 0.15) is 32.3 Å². The molecule has 1 aromatic carbocycles. The molecule has 1 aromatic rings. The molecule has 0 saturated carbocycles. The number of amides is 2. The van der Waals surface area contributed by atoms with E-state index in [1.807, 2.05) is 44.2 Å². The summed E-state index contributed by atoms with van der Waals surface area (Å²) in [5.41, 5.74) is -0.378. The van der Waals surface area contributed by atoms with E-state index in [-0.39, 0.29) is 25.4 Å². The highest BCUT2D eigenvalue weighted by Gasteiger charge is 2.49. The van der Waals surface area contributed by atoms with Gasteiger partial charge in [-0.1, -0.05) is 66.8 Å². The van der Waals surface area contributed by atoms with Crippen molar-refractivity contribution in [2.75, 3.05) is 18.2 Å². The number of nitrogens with one attached hydrogen (secondary N) is 2. The lowest BCUT2D eigenvalue weighted by Gasteiger charge is -2.26. The van der Waals surface area contributed by atoms with Crippen LogP contribution in [-0.4, -0.2) is 58.8 Å². The van der Waals surface area contributed by atoms with E-state index in [2.05, 4.69) is 39.3 Å². The third kappa shape index (κ3) is 7.06. The Hall–Kier alpha value is -2.39.